The van der Waals surface area contributed by atoms with E-state index in [0.717, 1.165) is 27.7 Å². The van der Waals surface area contributed by atoms with Crippen LogP contribution in [0.15, 0.2) is 54.6 Å². The third kappa shape index (κ3) is 8.98. The van der Waals surface area contributed by atoms with Crippen LogP contribution in [-0.4, -0.2) is 69.4 Å². The number of amides is 5. The van der Waals surface area contributed by atoms with Gasteiger partial charge >= 0.3 is 12.1 Å². The molecule has 1 aliphatic carbocycles. The molecule has 1 aromatic heterocycles. The van der Waals surface area contributed by atoms with E-state index in [1.165, 1.54) is 0 Å². The van der Waals surface area contributed by atoms with Gasteiger partial charge in [0.25, 0.3) is 0 Å². The molecule has 1 heterocycles. The van der Waals surface area contributed by atoms with Crippen molar-refractivity contribution < 1.29 is 38.6 Å². The van der Waals surface area contributed by atoms with Crippen molar-refractivity contribution in [3.63, 3.8) is 0 Å². The first-order valence-corrected chi connectivity index (χ1v) is 16.7. The lowest BCUT2D eigenvalue weighted by atomic mass is 9.78. The summed E-state index contributed by atoms with van der Waals surface area (Å²) in [5, 5.41) is 21.1. The first-order valence-electron chi connectivity index (χ1n) is 16.7. The van der Waals surface area contributed by atoms with E-state index in [4.69, 9.17) is 10.5 Å². The second-order valence-corrected chi connectivity index (χ2v) is 13.2. The first-order chi connectivity index (χ1) is 23.7. The summed E-state index contributed by atoms with van der Waals surface area (Å²) in [6, 6.07) is 12.8. The number of hydrogen-bond acceptors (Lipinski definition) is 7. The molecule has 0 radical (unpaired) electrons. The molecular weight excluding hydrogens is 644 g/mol. The van der Waals surface area contributed by atoms with E-state index in [1.54, 1.807) is 32.9 Å². The van der Waals surface area contributed by atoms with Gasteiger partial charge < -0.3 is 41.8 Å². The average Bonchev–Trinajstić information content (AvgIpc) is 3.45. The van der Waals surface area contributed by atoms with Gasteiger partial charge in [-0.1, -0.05) is 82.6 Å². The van der Waals surface area contributed by atoms with Crippen molar-refractivity contribution in [1.82, 2.24) is 26.3 Å². The molecule has 0 fully saturated rings. The number of alkyl carbamates (subject to hydrolysis) is 1. The molecule has 0 saturated heterocycles. The molecule has 0 saturated carbocycles. The third-order valence-corrected chi connectivity index (χ3v) is 9.22. The molecule has 5 amide bonds. The van der Waals surface area contributed by atoms with Crippen LogP contribution < -0.4 is 27.0 Å². The van der Waals surface area contributed by atoms with Crippen molar-refractivity contribution in [3.05, 3.63) is 71.4 Å². The zero-order valence-corrected chi connectivity index (χ0v) is 28.7. The zero-order chi connectivity index (χ0) is 36.6. The quantitative estimate of drug-likeness (QED) is 0.125. The van der Waals surface area contributed by atoms with E-state index >= 15 is 0 Å². The fraction of sp³-hybridized carbons (Fsp3) is 0.444. The third-order valence-electron chi connectivity index (χ3n) is 9.22. The van der Waals surface area contributed by atoms with Gasteiger partial charge in [-0.2, -0.15) is 0 Å². The highest BCUT2D eigenvalue weighted by Gasteiger charge is 2.47. The summed E-state index contributed by atoms with van der Waals surface area (Å²) in [7, 11) is 0. The van der Waals surface area contributed by atoms with Gasteiger partial charge in [-0.25, -0.2) is 9.59 Å². The van der Waals surface area contributed by atoms with E-state index in [0.29, 0.717) is 12.8 Å². The highest BCUT2D eigenvalue weighted by Crippen LogP contribution is 2.35. The van der Waals surface area contributed by atoms with Crippen molar-refractivity contribution in [2.45, 2.75) is 90.1 Å². The van der Waals surface area contributed by atoms with Gasteiger partial charge in [0, 0.05) is 23.0 Å². The number of benzene rings is 2. The van der Waals surface area contributed by atoms with Crippen LogP contribution in [0.5, 0.6) is 0 Å². The van der Waals surface area contributed by atoms with Crippen LogP contribution in [0, 0.1) is 11.8 Å². The smallest absolute Gasteiger partial charge is 0.408 e. The second kappa shape index (κ2) is 16.3. The highest BCUT2D eigenvalue weighted by atomic mass is 16.5. The molecule has 0 spiro atoms. The molecule has 4 rings (SSSR count). The van der Waals surface area contributed by atoms with Crippen LogP contribution in [0.3, 0.4) is 0 Å². The van der Waals surface area contributed by atoms with Crippen LogP contribution in [-0.2, 0) is 48.2 Å². The van der Waals surface area contributed by atoms with E-state index in [-0.39, 0.29) is 25.4 Å². The number of ether oxygens (including phenoxy) is 1. The van der Waals surface area contributed by atoms with E-state index in [1.807, 2.05) is 49.4 Å². The van der Waals surface area contributed by atoms with E-state index in [2.05, 4.69) is 26.3 Å². The number of aromatic nitrogens is 1. The number of carboxylic acid groups (broad SMARTS) is 1. The normalized spacial score (nSPS) is 17.8. The molecule has 14 nitrogen and oxygen atoms in total. The molecular formula is C36H46N6O8. The Hall–Kier alpha value is -5.40. The lowest BCUT2D eigenvalue weighted by Gasteiger charge is -2.39. The molecule has 0 unspecified atom stereocenters. The minimum absolute atomic E-state index is 0.00195. The molecule has 268 valence electrons. The molecule has 1 aliphatic rings. The maximum Gasteiger partial charge on any atom is 0.408 e. The van der Waals surface area contributed by atoms with E-state index in [9.17, 15) is 33.9 Å². The summed E-state index contributed by atoms with van der Waals surface area (Å²) in [5.41, 5.74) is 7.00. The SMILES string of the molecule is CC[C@H](C)[C@H](NC(=O)OCc1ccccc1)C(=O)N[C@@]1(C(=O)N[C@H](C(=O)N[C@@H](CC(N)=O)C(=O)O)C(C)C)CCc2[nH]c3ccccc3c2C1. The van der Waals surface area contributed by atoms with Crippen LogP contribution in [0.25, 0.3) is 10.9 Å². The topological polar surface area (TPSA) is 222 Å². The van der Waals surface area contributed by atoms with Gasteiger partial charge in [0.1, 0.15) is 30.3 Å². The van der Waals surface area contributed by atoms with Crippen LogP contribution in [0.2, 0.25) is 0 Å². The summed E-state index contributed by atoms with van der Waals surface area (Å²) >= 11 is 0. The molecule has 50 heavy (non-hydrogen) atoms. The number of rotatable bonds is 15. The van der Waals surface area contributed by atoms with Crippen molar-refractivity contribution in [2.24, 2.45) is 17.6 Å². The van der Waals surface area contributed by atoms with Gasteiger partial charge in [-0.3, -0.25) is 19.2 Å². The van der Waals surface area contributed by atoms with Crippen molar-refractivity contribution >= 4 is 46.6 Å². The number of carboxylic acids is 1. The number of fused-ring (bicyclic) bond motifs is 3. The summed E-state index contributed by atoms with van der Waals surface area (Å²) in [4.78, 5) is 81.5. The molecule has 0 bridgehead atoms. The van der Waals surface area contributed by atoms with Crippen molar-refractivity contribution in [2.75, 3.05) is 0 Å². The summed E-state index contributed by atoms with van der Waals surface area (Å²) < 4.78 is 5.40. The van der Waals surface area contributed by atoms with Gasteiger partial charge in [0.2, 0.25) is 23.6 Å². The fourth-order valence-electron chi connectivity index (χ4n) is 6.14. The Morgan fingerprint density at radius 1 is 0.920 bits per heavy atom. The number of hydrogen-bond donors (Lipinski definition) is 7. The van der Waals surface area contributed by atoms with Crippen LogP contribution in [0.1, 0.15) is 63.8 Å². The Balaban J connectivity index is 1.63. The first kappa shape index (κ1) is 37.4. The molecule has 8 N–H and O–H groups in total. The Labute approximate surface area is 290 Å². The number of para-hydroxylation sites is 1. The fourth-order valence-corrected chi connectivity index (χ4v) is 6.14. The predicted molar refractivity (Wildman–Crippen MR) is 184 cm³/mol. The number of carbonyl (C=O) groups excluding carboxylic acids is 5. The average molecular weight is 691 g/mol. The van der Waals surface area contributed by atoms with Crippen molar-refractivity contribution in [1.29, 1.82) is 0 Å². The molecule has 2 aromatic carbocycles. The van der Waals surface area contributed by atoms with Crippen LogP contribution >= 0.6 is 0 Å². The van der Waals surface area contributed by atoms with Crippen LogP contribution in [0.4, 0.5) is 4.79 Å². The number of nitrogens with two attached hydrogens (primary N) is 1. The van der Waals surface area contributed by atoms with Gasteiger partial charge in [-0.15, -0.1) is 0 Å². The Morgan fingerprint density at radius 2 is 1.60 bits per heavy atom. The Morgan fingerprint density at radius 3 is 2.24 bits per heavy atom. The summed E-state index contributed by atoms with van der Waals surface area (Å²) in [6.07, 6.45) is -0.300. The Bertz CT molecular complexity index is 1720. The van der Waals surface area contributed by atoms with Gasteiger partial charge in [0.05, 0.1) is 6.42 Å². The summed E-state index contributed by atoms with van der Waals surface area (Å²) in [5.74, 6) is -5.34. The molecule has 14 heteroatoms. The maximum absolute atomic E-state index is 14.5. The monoisotopic (exact) mass is 690 g/mol. The number of primary amides is 1. The highest BCUT2D eigenvalue weighted by molar-refractivity contribution is 5.99. The largest absolute Gasteiger partial charge is 0.480 e. The molecule has 0 aliphatic heterocycles. The number of H-pyrrole nitrogens is 1. The summed E-state index contributed by atoms with van der Waals surface area (Å²) in [6.45, 7) is 7.01. The lowest BCUT2D eigenvalue weighted by Crippen LogP contribution is -2.67. The minimum atomic E-state index is -1.60. The number of aliphatic carboxylic acids is 1. The number of aromatic amines is 1. The zero-order valence-electron chi connectivity index (χ0n) is 28.7. The van der Waals surface area contributed by atoms with Gasteiger partial charge in [-0.05, 0) is 41.9 Å². The van der Waals surface area contributed by atoms with Crippen molar-refractivity contribution in [3.8, 4) is 0 Å². The van der Waals surface area contributed by atoms with E-state index < -0.39 is 71.7 Å². The standard InChI is InChI=1S/C36H46N6O8/c1-5-21(4)30(41-35(49)50-19-22-11-7-6-8-12-22)32(45)42-36(16-15-26-24(18-36)23-13-9-10-14-25(23)38-26)34(48)40-29(20(2)3)31(44)39-27(33(46)47)17-28(37)43/h6-14,20-21,27,29-30,38H,5,15-19H2,1-4H3,(H2,37,43)(H,39,44)(H,40,48)(H,41,49)(H,42,45)(H,46,47)/t21-,27-,29-,30-,36-/m0/s1. The number of nitrogens with one attached hydrogen (secondary N) is 5. The maximum atomic E-state index is 14.5. The number of aryl methyl sites for hydroxylation is 1. The lowest BCUT2D eigenvalue weighted by molar-refractivity contribution is -0.144. The molecule has 5 atom stereocenters. The second-order valence-electron chi connectivity index (χ2n) is 13.2. The Kier molecular flexibility index (Phi) is 12.2. The number of carbonyl (C=O) groups is 6. The molecule has 3 aromatic rings. The minimum Gasteiger partial charge on any atom is -0.480 e. The van der Waals surface area contributed by atoms with Gasteiger partial charge in [0.15, 0.2) is 0 Å². The predicted octanol–water partition coefficient (Wildman–Crippen LogP) is 2.44.